The fraction of sp³-hybridized carbons (Fsp3) is 0.455. The van der Waals surface area contributed by atoms with Crippen molar-refractivity contribution < 1.29 is 0 Å². The Labute approximate surface area is 80.6 Å². The second-order valence-corrected chi connectivity index (χ2v) is 3.38. The van der Waals surface area contributed by atoms with Gasteiger partial charge >= 0.3 is 0 Å². The predicted octanol–water partition coefficient (Wildman–Crippen LogP) is 1.51. The SMILES string of the molecule is CNCCc1ccccc1N(C)C. The van der Waals surface area contributed by atoms with Crippen molar-refractivity contribution in [3.8, 4) is 0 Å². The first-order valence-corrected chi connectivity index (χ1v) is 4.65. The summed E-state index contributed by atoms with van der Waals surface area (Å²) in [5.41, 5.74) is 2.72. The molecule has 13 heavy (non-hydrogen) atoms. The molecule has 0 radical (unpaired) electrons. The predicted molar refractivity (Wildman–Crippen MR) is 58.4 cm³/mol. The summed E-state index contributed by atoms with van der Waals surface area (Å²) in [7, 11) is 6.15. The Hall–Kier alpha value is -1.02. The minimum Gasteiger partial charge on any atom is -0.377 e. The van der Waals surface area contributed by atoms with Gasteiger partial charge in [-0.1, -0.05) is 18.2 Å². The van der Waals surface area contributed by atoms with Crippen molar-refractivity contribution in [2.45, 2.75) is 6.42 Å². The highest BCUT2D eigenvalue weighted by Crippen LogP contribution is 2.17. The quantitative estimate of drug-likeness (QED) is 0.752. The number of anilines is 1. The molecule has 2 heteroatoms. The highest BCUT2D eigenvalue weighted by molar-refractivity contribution is 5.52. The minimum atomic E-state index is 1.03. The van der Waals surface area contributed by atoms with Crippen LogP contribution in [0.4, 0.5) is 5.69 Å². The molecule has 0 aliphatic heterocycles. The van der Waals surface area contributed by atoms with Crippen molar-refractivity contribution in [2.75, 3.05) is 32.6 Å². The summed E-state index contributed by atoms with van der Waals surface area (Å²) in [4.78, 5) is 2.16. The summed E-state index contributed by atoms with van der Waals surface area (Å²) in [5.74, 6) is 0. The fourth-order valence-corrected chi connectivity index (χ4v) is 1.42. The first kappa shape index (κ1) is 10.1. The van der Waals surface area contributed by atoms with Crippen LogP contribution in [-0.4, -0.2) is 27.7 Å². The zero-order valence-electron chi connectivity index (χ0n) is 8.67. The highest BCUT2D eigenvalue weighted by atomic mass is 15.1. The van der Waals surface area contributed by atoms with Crippen molar-refractivity contribution in [3.05, 3.63) is 29.8 Å². The molecule has 1 rings (SSSR count). The molecular weight excluding hydrogens is 160 g/mol. The van der Waals surface area contributed by atoms with Gasteiger partial charge in [0.1, 0.15) is 0 Å². The summed E-state index contributed by atoms with van der Waals surface area (Å²) in [6.45, 7) is 1.03. The number of para-hydroxylation sites is 1. The van der Waals surface area contributed by atoms with Gasteiger partial charge in [0, 0.05) is 19.8 Å². The summed E-state index contributed by atoms with van der Waals surface area (Å²) in [6, 6.07) is 8.52. The molecule has 0 saturated carbocycles. The normalized spacial score (nSPS) is 10.1. The Morgan fingerprint density at radius 2 is 1.92 bits per heavy atom. The molecular formula is C11H18N2. The lowest BCUT2D eigenvalue weighted by Crippen LogP contribution is -2.15. The van der Waals surface area contributed by atoms with Crippen molar-refractivity contribution in [2.24, 2.45) is 0 Å². The van der Waals surface area contributed by atoms with E-state index in [0.29, 0.717) is 0 Å². The van der Waals surface area contributed by atoms with E-state index in [4.69, 9.17) is 0 Å². The Balaban J connectivity index is 2.78. The Bertz CT molecular complexity index is 256. The smallest absolute Gasteiger partial charge is 0.0394 e. The highest BCUT2D eigenvalue weighted by Gasteiger charge is 2.01. The molecule has 0 aromatic heterocycles. The number of likely N-dealkylation sites (N-methyl/N-ethyl adjacent to an activating group) is 1. The Morgan fingerprint density at radius 1 is 1.23 bits per heavy atom. The molecule has 0 aliphatic rings. The standard InChI is InChI=1S/C11H18N2/c1-12-9-8-10-6-4-5-7-11(10)13(2)3/h4-7,12H,8-9H2,1-3H3. The van der Waals surface area contributed by atoms with Crippen LogP contribution < -0.4 is 10.2 Å². The van der Waals surface area contributed by atoms with Crippen LogP contribution in [0.1, 0.15) is 5.56 Å². The van der Waals surface area contributed by atoms with E-state index >= 15 is 0 Å². The lowest BCUT2D eigenvalue weighted by atomic mass is 10.1. The molecule has 1 aromatic carbocycles. The number of hydrogen-bond acceptors (Lipinski definition) is 2. The molecule has 0 saturated heterocycles. The van der Waals surface area contributed by atoms with Crippen LogP contribution in [-0.2, 0) is 6.42 Å². The van der Waals surface area contributed by atoms with Crippen LogP contribution in [0.3, 0.4) is 0 Å². The Kier molecular flexibility index (Phi) is 3.77. The van der Waals surface area contributed by atoms with Gasteiger partial charge in [-0.05, 0) is 31.6 Å². The van der Waals surface area contributed by atoms with E-state index in [0.717, 1.165) is 13.0 Å². The molecule has 1 N–H and O–H groups in total. The van der Waals surface area contributed by atoms with Crippen LogP contribution in [0.25, 0.3) is 0 Å². The van der Waals surface area contributed by atoms with Crippen LogP contribution >= 0.6 is 0 Å². The molecule has 0 heterocycles. The minimum absolute atomic E-state index is 1.03. The summed E-state index contributed by atoms with van der Waals surface area (Å²) < 4.78 is 0. The van der Waals surface area contributed by atoms with Gasteiger partial charge in [-0.25, -0.2) is 0 Å². The van der Waals surface area contributed by atoms with Gasteiger partial charge in [0.25, 0.3) is 0 Å². The van der Waals surface area contributed by atoms with E-state index < -0.39 is 0 Å². The van der Waals surface area contributed by atoms with Crippen LogP contribution in [0.15, 0.2) is 24.3 Å². The van der Waals surface area contributed by atoms with E-state index in [-0.39, 0.29) is 0 Å². The Morgan fingerprint density at radius 3 is 2.54 bits per heavy atom. The van der Waals surface area contributed by atoms with Crippen molar-refractivity contribution in [1.29, 1.82) is 0 Å². The topological polar surface area (TPSA) is 15.3 Å². The first-order chi connectivity index (χ1) is 6.25. The van der Waals surface area contributed by atoms with Gasteiger partial charge in [-0.3, -0.25) is 0 Å². The number of nitrogens with one attached hydrogen (secondary N) is 1. The maximum absolute atomic E-state index is 3.16. The van der Waals surface area contributed by atoms with E-state index in [1.165, 1.54) is 11.3 Å². The monoisotopic (exact) mass is 178 g/mol. The second-order valence-electron chi connectivity index (χ2n) is 3.38. The third kappa shape index (κ3) is 2.74. The molecule has 0 aliphatic carbocycles. The van der Waals surface area contributed by atoms with Gasteiger partial charge in [0.15, 0.2) is 0 Å². The summed E-state index contributed by atoms with van der Waals surface area (Å²) in [6.07, 6.45) is 1.09. The molecule has 2 nitrogen and oxygen atoms in total. The van der Waals surface area contributed by atoms with Gasteiger partial charge in [-0.2, -0.15) is 0 Å². The number of benzene rings is 1. The van der Waals surface area contributed by atoms with Crippen LogP contribution in [0.2, 0.25) is 0 Å². The van der Waals surface area contributed by atoms with E-state index in [1.807, 2.05) is 7.05 Å². The van der Waals surface area contributed by atoms with Gasteiger partial charge in [0.05, 0.1) is 0 Å². The van der Waals surface area contributed by atoms with E-state index in [9.17, 15) is 0 Å². The van der Waals surface area contributed by atoms with E-state index in [1.54, 1.807) is 0 Å². The van der Waals surface area contributed by atoms with E-state index in [2.05, 4.69) is 48.6 Å². The fourth-order valence-electron chi connectivity index (χ4n) is 1.42. The maximum Gasteiger partial charge on any atom is 0.0394 e. The second kappa shape index (κ2) is 4.87. The summed E-state index contributed by atoms with van der Waals surface area (Å²) >= 11 is 0. The lowest BCUT2D eigenvalue weighted by Gasteiger charge is -2.17. The number of rotatable bonds is 4. The molecule has 0 unspecified atom stereocenters. The van der Waals surface area contributed by atoms with Crippen molar-refractivity contribution >= 4 is 5.69 Å². The number of nitrogens with zero attached hydrogens (tertiary/aromatic N) is 1. The third-order valence-electron chi connectivity index (χ3n) is 2.12. The van der Waals surface area contributed by atoms with Gasteiger partial charge in [-0.15, -0.1) is 0 Å². The zero-order chi connectivity index (χ0) is 9.68. The molecule has 0 atom stereocenters. The van der Waals surface area contributed by atoms with Gasteiger partial charge in [0.2, 0.25) is 0 Å². The molecule has 72 valence electrons. The van der Waals surface area contributed by atoms with Gasteiger partial charge < -0.3 is 10.2 Å². The van der Waals surface area contributed by atoms with Crippen LogP contribution in [0, 0.1) is 0 Å². The lowest BCUT2D eigenvalue weighted by molar-refractivity contribution is 0.790. The number of hydrogen-bond donors (Lipinski definition) is 1. The summed E-state index contributed by atoms with van der Waals surface area (Å²) in [5, 5.41) is 3.16. The van der Waals surface area contributed by atoms with Crippen LogP contribution in [0.5, 0.6) is 0 Å². The largest absolute Gasteiger partial charge is 0.377 e. The average Bonchev–Trinajstić information content (AvgIpc) is 2.15. The molecule has 0 amide bonds. The average molecular weight is 178 g/mol. The van der Waals surface area contributed by atoms with Crippen molar-refractivity contribution in [1.82, 2.24) is 5.32 Å². The molecule has 1 aromatic rings. The third-order valence-corrected chi connectivity index (χ3v) is 2.12. The maximum atomic E-state index is 3.16. The zero-order valence-corrected chi connectivity index (χ0v) is 8.67. The first-order valence-electron chi connectivity index (χ1n) is 4.65. The molecule has 0 spiro atoms. The molecule has 0 fully saturated rings. The van der Waals surface area contributed by atoms with Crippen molar-refractivity contribution in [3.63, 3.8) is 0 Å². The molecule has 0 bridgehead atoms.